The summed E-state index contributed by atoms with van der Waals surface area (Å²) < 4.78 is 46.0. The average molecular weight is 498 g/mol. The Balaban J connectivity index is 1.38. The molecule has 1 fully saturated rings. The Kier molecular flexibility index (Phi) is 7.34. The zero-order valence-corrected chi connectivity index (χ0v) is 20.0. The maximum Gasteiger partial charge on any atom is 0.391 e. The van der Waals surface area contributed by atoms with Crippen LogP contribution in [0.2, 0.25) is 0 Å². The van der Waals surface area contributed by atoms with E-state index in [9.17, 15) is 18.0 Å². The van der Waals surface area contributed by atoms with Crippen molar-refractivity contribution in [2.45, 2.75) is 37.9 Å². The molecule has 0 aliphatic heterocycles. The Morgan fingerprint density at radius 1 is 1.32 bits per heavy atom. The molecule has 4 N–H and O–H groups in total. The minimum Gasteiger partial charge on any atom is -0.384 e. The highest BCUT2D eigenvalue weighted by atomic mass is 32.1. The summed E-state index contributed by atoms with van der Waals surface area (Å²) in [5, 5.41) is 4.00. The summed E-state index contributed by atoms with van der Waals surface area (Å²) in [7, 11) is 3.32. The van der Waals surface area contributed by atoms with Gasteiger partial charge in [-0.15, -0.1) is 0 Å². The Labute approximate surface area is 199 Å². The minimum atomic E-state index is -4.12. The van der Waals surface area contributed by atoms with Crippen LogP contribution in [0.15, 0.2) is 29.2 Å². The van der Waals surface area contributed by atoms with Gasteiger partial charge in [-0.1, -0.05) is 17.4 Å². The quantitative estimate of drug-likeness (QED) is 0.430. The smallest absolute Gasteiger partial charge is 0.384 e. The predicted molar refractivity (Wildman–Crippen MR) is 128 cm³/mol. The molecule has 2 heterocycles. The number of hydrogen-bond acceptors (Lipinski definition) is 6. The molecule has 0 unspecified atom stereocenters. The van der Waals surface area contributed by atoms with Gasteiger partial charge in [0.15, 0.2) is 5.13 Å². The summed E-state index contributed by atoms with van der Waals surface area (Å²) >= 11 is 1.48. The monoisotopic (exact) mass is 497 g/mol. The molecule has 186 valence electrons. The van der Waals surface area contributed by atoms with E-state index in [1.54, 1.807) is 24.9 Å². The summed E-state index contributed by atoms with van der Waals surface area (Å²) in [5.74, 6) is -1.12. The van der Waals surface area contributed by atoms with Crippen molar-refractivity contribution in [2.24, 2.45) is 30.5 Å². The van der Waals surface area contributed by atoms with Crippen molar-refractivity contribution in [3.8, 4) is 10.4 Å². The second-order valence-electron chi connectivity index (χ2n) is 9.07. The lowest BCUT2D eigenvalue weighted by atomic mass is 9.73. The topological polar surface area (TPSA) is 98.0 Å². The lowest BCUT2D eigenvalue weighted by molar-refractivity contribution is -0.185. The van der Waals surface area contributed by atoms with Gasteiger partial charge < -0.3 is 20.8 Å². The fourth-order valence-electron chi connectivity index (χ4n) is 4.90. The molecule has 4 rings (SSSR count). The highest BCUT2D eigenvalue weighted by Crippen LogP contribution is 2.42. The largest absolute Gasteiger partial charge is 0.391 e. The summed E-state index contributed by atoms with van der Waals surface area (Å²) in [4.78, 5) is 20.0. The van der Waals surface area contributed by atoms with Crippen molar-refractivity contribution in [2.75, 3.05) is 25.6 Å². The molecule has 1 saturated carbocycles. The number of thiazole rings is 1. The van der Waals surface area contributed by atoms with Crippen molar-refractivity contribution in [3.05, 3.63) is 34.9 Å². The van der Waals surface area contributed by atoms with Crippen molar-refractivity contribution in [3.63, 3.8) is 0 Å². The first-order valence-electron chi connectivity index (χ1n) is 11.4. The number of nitrogens with zero attached hydrogens (tertiary/aromatic N) is 2. The normalized spacial score (nSPS) is 21.0. The fourth-order valence-corrected chi connectivity index (χ4v) is 5.72. The number of fused-ring (bicyclic) bond motifs is 1. The Bertz CT molecular complexity index is 1160. The van der Waals surface area contributed by atoms with Crippen LogP contribution < -0.4 is 16.7 Å². The number of aromatic amines is 1. The van der Waals surface area contributed by atoms with Crippen LogP contribution in [-0.2, 0) is 11.8 Å². The van der Waals surface area contributed by atoms with E-state index in [0.29, 0.717) is 31.1 Å². The van der Waals surface area contributed by atoms with Crippen molar-refractivity contribution >= 4 is 27.5 Å². The van der Waals surface area contributed by atoms with Gasteiger partial charge in [0, 0.05) is 38.9 Å². The molecule has 0 radical (unpaired) electrons. The summed E-state index contributed by atoms with van der Waals surface area (Å²) in [6, 6.07) is 5.48. The van der Waals surface area contributed by atoms with Gasteiger partial charge in [-0.2, -0.15) is 13.2 Å². The first kappa shape index (κ1) is 24.7. The van der Waals surface area contributed by atoms with E-state index in [1.807, 2.05) is 18.2 Å². The third-order valence-corrected chi connectivity index (χ3v) is 7.94. The van der Waals surface area contributed by atoms with E-state index in [2.05, 4.69) is 15.3 Å². The maximum atomic E-state index is 13.0. The zero-order valence-electron chi connectivity index (χ0n) is 19.2. The zero-order chi connectivity index (χ0) is 24.5. The van der Waals surface area contributed by atoms with E-state index in [4.69, 9.17) is 10.5 Å². The van der Waals surface area contributed by atoms with Crippen LogP contribution in [-0.4, -0.2) is 47.0 Å². The third-order valence-electron chi connectivity index (χ3n) is 6.93. The number of anilines is 1. The number of imidazole rings is 1. The minimum absolute atomic E-state index is 0.0246. The number of ether oxygens (including phenoxy) is 1. The first-order chi connectivity index (χ1) is 16.2. The molecule has 0 bridgehead atoms. The van der Waals surface area contributed by atoms with Gasteiger partial charge in [0.1, 0.15) is 0 Å². The van der Waals surface area contributed by atoms with Gasteiger partial charge in [-0.3, -0.25) is 4.57 Å². The van der Waals surface area contributed by atoms with Gasteiger partial charge >= 0.3 is 11.9 Å². The van der Waals surface area contributed by atoms with E-state index in [1.165, 1.54) is 11.3 Å². The third kappa shape index (κ3) is 5.31. The van der Waals surface area contributed by atoms with Crippen LogP contribution in [0.3, 0.4) is 0 Å². The number of methoxy groups -OCH3 is 1. The summed E-state index contributed by atoms with van der Waals surface area (Å²) in [6.45, 7) is 0.869. The van der Waals surface area contributed by atoms with E-state index in [-0.39, 0.29) is 36.4 Å². The highest BCUT2D eigenvalue weighted by Gasteiger charge is 2.43. The van der Waals surface area contributed by atoms with Gasteiger partial charge in [-0.25, -0.2) is 9.78 Å². The van der Waals surface area contributed by atoms with Crippen LogP contribution in [0, 0.1) is 17.8 Å². The van der Waals surface area contributed by atoms with E-state index >= 15 is 0 Å². The molecule has 34 heavy (non-hydrogen) atoms. The van der Waals surface area contributed by atoms with Gasteiger partial charge in [0.25, 0.3) is 0 Å². The Morgan fingerprint density at radius 3 is 2.74 bits per heavy atom. The number of alkyl halides is 3. The SMILES string of the molecule is COC[C@@H](C1CCC(C(F)(F)F)CC1)[C@H](N)CNc1ncc(-c2ccc3[nH]c(=O)n(C)c3c2)s1. The number of H-pyrrole nitrogens is 1. The molecule has 1 aliphatic carbocycles. The first-order valence-corrected chi connectivity index (χ1v) is 12.2. The fraction of sp³-hybridized carbons (Fsp3) is 0.565. The van der Waals surface area contributed by atoms with Crippen molar-refractivity contribution in [1.82, 2.24) is 14.5 Å². The second kappa shape index (κ2) is 10.1. The average Bonchev–Trinajstić information content (AvgIpc) is 3.39. The number of benzene rings is 1. The molecule has 11 heteroatoms. The van der Waals surface area contributed by atoms with Gasteiger partial charge in [0.2, 0.25) is 0 Å². The molecular formula is C23H30F3N5O2S. The van der Waals surface area contributed by atoms with E-state index in [0.717, 1.165) is 21.5 Å². The summed E-state index contributed by atoms with van der Waals surface area (Å²) in [5.41, 5.74) is 8.86. The standard InChI is InChI=1S/C23H30F3N5O2S/c1-31-19-9-14(5-8-18(19)30-22(31)32)20-11-29-21(34-20)28-10-17(27)16(12-33-2)13-3-6-15(7-4-13)23(24,25)26/h5,8-9,11,13,15-17H,3-4,6-7,10,12,27H2,1-2H3,(H,28,29)(H,30,32)/t13?,15?,16-,17+/m0/s1. The number of nitrogens with one attached hydrogen (secondary N) is 2. The number of nitrogens with two attached hydrogens (primary N) is 1. The van der Waals surface area contributed by atoms with Gasteiger partial charge in [0.05, 0.1) is 28.4 Å². The van der Waals surface area contributed by atoms with Gasteiger partial charge in [-0.05, 0) is 49.3 Å². The Hall–Kier alpha value is -2.37. The molecule has 2 aromatic heterocycles. The molecule has 0 amide bonds. The molecule has 3 aromatic rings. The number of halogens is 3. The van der Waals surface area contributed by atoms with Crippen LogP contribution >= 0.6 is 11.3 Å². The Morgan fingerprint density at radius 2 is 2.06 bits per heavy atom. The predicted octanol–water partition coefficient (Wildman–Crippen LogP) is 4.36. The molecular weight excluding hydrogens is 467 g/mol. The second-order valence-corrected chi connectivity index (χ2v) is 10.1. The van der Waals surface area contributed by atoms with Crippen LogP contribution in [0.5, 0.6) is 0 Å². The van der Waals surface area contributed by atoms with E-state index < -0.39 is 12.1 Å². The molecule has 0 saturated heterocycles. The van der Waals surface area contributed by atoms with Crippen molar-refractivity contribution < 1.29 is 17.9 Å². The lowest BCUT2D eigenvalue weighted by Gasteiger charge is -2.37. The highest BCUT2D eigenvalue weighted by molar-refractivity contribution is 7.18. The number of aromatic nitrogens is 3. The maximum absolute atomic E-state index is 13.0. The number of rotatable bonds is 8. The summed E-state index contributed by atoms with van der Waals surface area (Å²) in [6.07, 6.45) is -1.01. The molecule has 7 nitrogen and oxygen atoms in total. The molecule has 1 aliphatic rings. The number of hydrogen-bond donors (Lipinski definition) is 3. The molecule has 0 spiro atoms. The van der Waals surface area contributed by atoms with Crippen LogP contribution in [0.25, 0.3) is 21.5 Å². The molecule has 2 atom stereocenters. The van der Waals surface area contributed by atoms with Crippen LogP contribution in [0.4, 0.5) is 18.3 Å². The van der Waals surface area contributed by atoms with Crippen LogP contribution in [0.1, 0.15) is 25.7 Å². The number of aryl methyl sites for hydroxylation is 1. The molecule has 1 aromatic carbocycles. The lowest BCUT2D eigenvalue weighted by Crippen LogP contribution is -2.44. The van der Waals surface area contributed by atoms with Crippen molar-refractivity contribution in [1.29, 1.82) is 0 Å².